The number of primary amides is 1. The second-order valence-electron chi connectivity index (χ2n) is 5.78. The summed E-state index contributed by atoms with van der Waals surface area (Å²) < 4.78 is 0. The number of nitrogens with two attached hydrogens (primary N) is 1. The Hall–Kier alpha value is -3.46. The minimum Gasteiger partial charge on any atom is -0.364 e. The minimum atomic E-state index is -0.541. The van der Waals surface area contributed by atoms with E-state index in [4.69, 9.17) is 5.73 Å². The van der Waals surface area contributed by atoms with Gasteiger partial charge in [0.15, 0.2) is 10.8 Å². The Kier molecular flexibility index (Phi) is 3.77. The fourth-order valence-corrected chi connectivity index (χ4v) is 3.32. The summed E-state index contributed by atoms with van der Waals surface area (Å²) in [5, 5.41) is 12.7. The summed E-state index contributed by atoms with van der Waals surface area (Å²) in [4.78, 5) is 30.9. The molecule has 0 unspecified atom stereocenters. The molecule has 2 amide bonds. The second-order valence-corrected chi connectivity index (χ2v) is 6.64. The van der Waals surface area contributed by atoms with Gasteiger partial charge in [-0.25, -0.2) is 4.98 Å². The van der Waals surface area contributed by atoms with E-state index in [-0.39, 0.29) is 5.91 Å². The number of H-pyrrole nitrogens is 2. The highest BCUT2D eigenvalue weighted by Crippen LogP contribution is 2.26. The van der Waals surface area contributed by atoms with Crippen LogP contribution in [0.3, 0.4) is 0 Å². The topological polar surface area (TPSA) is 130 Å². The predicted octanol–water partition coefficient (Wildman–Crippen LogP) is 2.67. The number of thiazole rings is 1. The number of nitrogens with one attached hydrogen (secondary N) is 3. The van der Waals surface area contributed by atoms with Crippen molar-refractivity contribution in [2.24, 2.45) is 5.73 Å². The van der Waals surface area contributed by atoms with E-state index in [1.807, 2.05) is 25.1 Å². The van der Waals surface area contributed by atoms with E-state index in [0.29, 0.717) is 22.2 Å². The van der Waals surface area contributed by atoms with Gasteiger partial charge in [-0.1, -0.05) is 11.6 Å². The molecule has 1 aromatic carbocycles. The lowest BCUT2D eigenvalue weighted by Gasteiger charge is -1.99. The summed E-state index contributed by atoms with van der Waals surface area (Å²) in [5.74, 6) is -0.879. The Balaban J connectivity index is 1.57. The third-order valence-electron chi connectivity index (χ3n) is 3.90. The molecule has 8 nitrogen and oxygen atoms in total. The molecule has 0 spiro atoms. The van der Waals surface area contributed by atoms with Crippen molar-refractivity contribution in [3.05, 3.63) is 52.8 Å². The Morgan fingerprint density at radius 2 is 2.12 bits per heavy atom. The second kappa shape index (κ2) is 6.12. The number of amides is 2. The van der Waals surface area contributed by atoms with Crippen molar-refractivity contribution in [3.63, 3.8) is 0 Å². The number of hydrogen-bond acceptors (Lipinski definition) is 5. The maximum Gasteiger partial charge on any atom is 0.278 e. The van der Waals surface area contributed by atoms with E-state index >= 15 is 0 Å². The monoisotopic (exact) mass is 366 g/mol. The van der Waals surface area contributed by atoms with Crippen molar-refractivity contribution in [3.8, 4) is 11.3 Å². The molecule has 0 radical (unpaired) electrons. The number of fused-ring (bicyclic) bond motifs is 1. The number of hydrogen-bond donors (Lipinski definition) is 4. The maximum absolute atomic E-state index is 12.5. The van der Waals surface area contributed by atoms with Crippen molar-refractivity contribution < 1.29 is 9.59 Å². The van der Waals surface area contributed by atoms with Crippen LogP contribution in [-0.2, 0) is 0 Å². The number of anilines is 1. The highest BCUT2D eigenvalue weighted by molar-refractivity contribution is 7.14. The molecule has 0 fully saturated rings. The molecule has 0 aliphatic carbocycles. The summed E-state index contributed by atoms with van der Waals surface area (Å²) in [7, 11) is 0. The fourth-order valence-electron chi connectivity index (χ4n) is 2.61. The summed E-state index contributed by atoms with van der Waals surface area (Å²) in [6.45, 7) is 1.96. The first-order chi connectivity index (χ1) is 12.5. The molecule has 4 aromatic rings. The van der Waals surface area contributed by atoms with Crippen LogP contribution in [0, 0.1) is 6.92 Å². The molecular weight excluding hydrogens is 352 g/mol. The van der Waals surface area contributed by atoms with Crippen molar-refractivity contribution >= 4 is 39.2 Å². The molecule has 0 bridgehead atoms. The van der Waals surface area contributed by atoms with E-state index in [9.17, 15) is 9.59 Å². The van der Waals surface area contributed by atoms with Crippen LogP contribution in [-0.4, -0.2) is 32.0 Å². The lowest BCUT2D eigenvalue weighted by Crippen LogP contribution is -2.12. The Bertz CT molecular complexity index is 1140. The average Bonchev–Trinajstić information content (AvgIpc) is 3.33. The number of carbonyl (C=O) groups is 2. The minimum absolute atomic E-state index is 0.303. The highest BCUT2D eigenvalue weighted by atomic mass is 32.1. The zero-order chi connectivity index (χ0) is 18.3. The van der Waals surface area contributed by atoms with Crippen LogP contribution in [0.5, 0.6) is 0 Å². The molecule has 3 heterocycles. The van der Waals surface area contributed by atoms with Gasteiger partial charge in [-0.3, -0.25) is 20.0 Å². The van der Waals surface area contributed by atoms with Gasteiger partial charge in [-0.2, -0.15) is 5.10 Å². The van der Waals surface area contributed by atoms with E-state index < -0.39 is 5.91 Å². The SMILES string of the molecule is Cc1ccc2[nH]nc(C(=O)Nc3nc(-c4c[nH]c(C(N)=O)c4)cs3)c2c1. The van der Waals surface area contributed by atoms with Crippen molar-refractivity contribution in [1.29, 1.82) is 0 Å². The van der Waals surface area contributed by atoms with Gasteiger partial charge in [-0.05, 0) is 25.1 Å². The molecule has 0 aliphatic heterocycles. The molecule has 3 aromatic heterocycles. The number of benzene rings is 1. The van der Waals surface area contributed by atoms with Gasteiger partial charge in [0.25, 0.3) is 11.8 Å². The summed E-state index contributed by atoms with van der Waals surface area (Å²) in [5.41, 5.74) is 9.05. The quantitative estimate of drug-likeness (QED) is 0.442. The highest BCUT2D eigenvalue weighted by Gasteiger charge is 2.16. The van der Waals surface area contributed by atoms with Gasteiger partial charge >= 0.3 is 0 Å². The van der Waals surface area contributed by atoms with Crippen LogP contribution in [0.15, 0.2) is 35.8 Å². The van der Waals surface area contributed by atoms with Crippen molar-refractivity contribution in [2.45, 2.75) is 6.92 Å². The molecule has 4 rings (SSSR count). The van der Waals surface area contributed by atoms with E-state index in [1.165, 1.54) is 11.3 Å². The standard InChI is InChI=1S/C17H14N6O2S/c1-8-2-3-11-10(4-8)14(23-22-11)16(25)21-17-20-13(7-26-17)9-5-12(15(18)24)19-6-9/h2-7,19H,1H3,(H2,18,24)(H,22,23)(H,20,21,25). The predicted molar refractivity (Wildman–Crippen MR) is 99.2 cm³/mol. The first-order valence-corrected chi connectivity index (χ1v) is 8.59. The lowest BCUT2D eigenvalue weighted by molar-refractivity contribution is 0.0993. The summed E-state index contributed by atoms with van der Waals surface area (Å²) >= 11 is 1.29. The van der Waals surface area contributed by atoms with Crippen LogP contribution in [0.4, 0.5) is 5.13 Å². The molecular formula is C17H14N6O2S. The third kappa shape index (κ3) is 2.84. The summed E-state index contributed by atoms with van der Waals surface area (Å²) in [6, 6.07) is 7.36. The Labute approximate surface area is 151 Å². The molecule has 0 saturated carbocycles. The van der Waals surface area contributed by atoms with Crippen molar-refractivity contribution in [2.75, 3.05) is 5.32 Å². The number of nitrogens with zero attached hydrogens (tertiary/aromatic N) is 2. The lowest BCUT2D eigenvalue weighted by atomic mass is 10.1. The van der Waals surface area contributed by atoms with Crippen LogP contribution < -0.4 is 11.1 Å². The average molecular weight is 366 g/mol. The first-order valence-electron chi connectivity index (χ1n) is 7.71. The third-order valence-corrected chi connectivity index (χ3v) is 4.66. The van der Waals surface area contributed by atoms with E-state index in [0.717, 1.165) is 22.0 Å². The van der Waals surface area contributed by atoms with E-state index in [2.05, 4.69) is 25.5 Å². The molecule has 9 heteroatoms. The summed E-state index contributed by atoms with van der Waals surface area (Å²) in [6.07, 6.45) is 1.64. The van der Waals surface area contributed by atoms with Gasteiger partial charge in [0.2, 0.25) is 0 Å². The van der Waals surface area contributed by atoms with Crippen LogP contribution in [0.1, 0.15) is 26.5 Å². The van der Waals surface area contributed by atoms with Crippen LogP contribution >= 0.6 is 11.3 Å². The van der Waals surface area contributed by atoms with Crippen LogP contribution in [0.2, 0.25) is 0 Å². The molecule has 0 saturated heterocycles. The fraction of sp³-hybridized carbons (Fsp3) is 0.0588. The van der Waals surface area contributed by atoms with Gasteiger partial charge in [0.05, 0.1) is 11.2 Å². The molecule has 26 heavy (non-hydrogen) atoms. The Morgan fingerprint density at radius 3 is 2.88 bits per heavy atom. The number of aromatic nitrogens is 4. The van der Waals surface area contributed by atoms with E-state index in [1.54, 1.807) is 17.6 Å². The first kappa shape index (κ1) is 16.0. The molecule has 0 atom stereocenters. The molecule has 130 valence electrons. The smallest absolute Gasteiger partial charge is 0.278 e. The zero-order valence-electron chi connectivity index (χ0n) is 13.7. The molecule has 0 aliphatic rings. The number of aromatic amines is 2. The Morgan fingerprint density at radius 1 is 1.27 bits per heavy atom. The van der Waals surface area contributed by atoms with Crippen LogP contribution in [0.25, 0.3) is 22.2 Å². The largest absolute Gasteiger partial charge is 0.364 e. The van der Waals surface area contributed by atoms with Gasteiger partial charge in [0, 0.05) is 22.5 Å². The van der Waals surface area contributed by atoms with Gasteiger partial charge in [-0.15, -0.1) is 11.3 Å². The van der Waals surface area contributed by atoms with Gasteiger partial charge < -0.3 is 10.7 Å². The van der Waals surface area contributed by atoms with Crippen molar-refractivity contribution in [1.82, 2.24) is 20.2 Å². The number of aryl methyl sites for hydroxylation is 1. The zero-order valence-corrected chi connectivity index (χ0v) is 14.5. The van der Waals surface area contributed by atoms with Gasteiger partial charge in [0.1, 0.15) is 5.69 Å². The number of carbonyl (C=O) groups excluding carboxylic acids is 2. The maximum atomic E-state index is 12.5. The normalized spacial score (nSPS) is 11.0. The molecule has 5 N–H and O–H groups in total. The number of rotatable bonds is 4.